The highest BCUT2D eigenvalue weighted by Crippen LogP contribution is 2.28. The first-order chi connectivity index (χ1) is 8.71. The second-order valence-electron chi connectivity index (χ2n) is 4.01. The van der Waals surface area contributed by atoms with Crippen LogP contribution < -0.4 is 14.8 Å². The summed E-state index contributed by atoms with van der Waals surface area (Å²) in [6.45, 7) is 6.23. The second kappa shape index (κ2) is 8.01. The van der Waals surface area contributed by atoms with Gasteiger partial charge in [-0.2, -0.15) is 0 Å². The van der Waals surface area contributed by atoms with Crippen LogP contribution in [0.25, 0.3) is 0 Å². The van der Waals surface area contributed by atoms with Crippen LogP contribution in [0.3, 0.4) is 0 Å². The van der Waals surface area contributed by atoms with E-state index in [4.69, 9.17) is 21.1 Å². The summed E-state index contributed by atoms with van der Waals surface area (Å²) in [6, 6.07) is 5.94. The van der Waals surface area contributed by atoms with Crippen LogP contribution in [-0.2, 0) is 6.54 Å². The van der Waals surface area contributed by atoms with E-state index in [-0.39, 0.29) is 0 Å². The summed E-state index contributed by atoms with van der Waals surface area (Å²) in [5.74, 6) is 1.48. The second-order valence-corrected chi connectivity index (χ2v) is 4.23. The van der Waals surface area contributed by atoms with Crippen molar-refractivity contribution in [2.24, 2.45) is 0 Å². The number of methoxy groups -OCH3 is 1. The molecule has 0 bridgehead atoms. The molecule has 3 nitrogen and oxygen atoms in total. The molecular formula is C14H20ClNO2. The van der Waals surface area contributed by atoms with Gasteiger partial charge in [0.1, 0.15) is 6.61 Å². The van der Waals surface area contributed by atoms with E-state index in [0.29, 0.717) is 6.61 Å². The molecule has 0 heterocycles. The smallest absolute Gasteiger partial charge is 0.161 e. The number of halogens is 1. The highest BCUT2D eigenvalue weighted by Gasteiger charge is 2.05. The average molecular weight is 270 g/mol. The number of rotatable bonds is 7. The zero-order chi connectivity index (χ0) is 13.4. The van der Waals surface area contributed by atoms with Crippen LogP contribution in [0.1, 0.15) is 19.4 Å². The van der Waals surface area contributed by atoms with E-state index in [0.717, 1.165) is 30.2 Å². The normalized spacial score (nSPS) is 11.4. The van der Waals surface area contributed by atoms with E-state index in [9.17, 15) is 0 Å². The summed E-state index contributed by atoms with van der Waals surface area (Å²) < 4.78 is 11.0. The monoisotopic (exact) mass is 269 g/mol. The van der Waals surface area contributed by atoms with Crippen LogP contribution in [0.2, 0.25) is 0 Å². The molecule has 0 saturated carbocycles. The van der Waals surface area contributed by atoms with E-state index in [1.807, 2.05) is 25.1 Å². The lowest BCUT2D eigenvalue weighted by Gasteiger charge is -2.12. The maximum absolute atomic E-state index is 5.64. The number of nitrogens with one attached hydrogen (secondary N) is 1. The standard InChI is InChI=1S/C14H20ClNO2/c1-4-16-9-12-5-6-13(14(7-12)17-3)18-10-11(2)8-15/h5-8,16H,4,9-10H2,1-3H3/b11-8+. The van der Waals surface area contributed by atoms with Crippen LogP contribution in [0.5, 0.6) is 11.5 Å². The third kappa shape index (κ3) is 4.59. The Bertz CT molecular complexity index is 405. The summed E-state index contributed by atoms with van der Waals surface area (Å²) in [7, 11) is 1.64. The molecule has 0 radical (unpaired) electrons. The summed E-state index contributed by atoms with van der Waals surface area (Å²) >= 11 is 5.59. The van der Waals surface area contributed by atoms with Gasteiger partial charge < -0.3 is 14.8 Å². The van der Waals surface area contributed by atoms with Gasteiger partial charge in [-0.3, -0.25) is 0 Å². The molecule has 1 aromatic carbocycles. The SMILES string of the molecule is CCNCc1ccc(OC/C(C)=C/Cl)c(OC)c1. The van der Waals surface area contributed by atoms with Gasteiger partial charge in [0.05, 0.1) is 7.11 Å². The number of benzene rings is 1. The first kappa shape index (κ1) is 14.9. The van der Waals surface area contributed by atoms with E-state index >= 15 is 0 Å². The Labute approximate surface area is 114 Å². The summed E-state index contributed by atoms with van der Waals surface area (Å²) in [5, 5.41) is 3.27. The molecule has 0 aliphatic rings. The van der Waals surface area contributed by atoms with Crippen LogP contribution in [0, 0.1) is 0 Å². The minimum Gasteiger partial charge on any atom is -0.493 e. The van der Waals surface area contributed by atoms with Gasteiger partial charge in [-0.15, -0.1) is 0 Å². The molecule has 4 heteroatoms. The fourth-order valence-electron chi connectivity index (χ4n) is 1.43. The Balaban J connectivity index is 2.73. The lowest BCUT2D eigenvalue weighted by atomic mass is 10.2. The van der Waals surface area contributed by atoms with E-state index in [2.05, 4.69) is 12.2 Å². The van der Waals surface area contributed by atoms with Crippen LogP contribution in [-0.4, -0.2) is 20.3 Å². The molecule has 1 aromatic rings. The van der Waals surface area contributed by atoms with Crippen molar-refractivity contribution in [1.29, 1.82) is 0 Å². The zero-order valence-corrected chi connectivity index (χ0v) is 11.9. The van der Waals surface area contributed by atoms with Crippen LogP contribution in [0.4, 0.5) is 0 Å². The molecule has 100 valence electrons. The molecule has 0 fully saturated rings. The van der Waals surface area contributed by atoms with Crippen molar-refractivity contribution in [1.82, 2.24) is 5.32 Å². The van der Waals surface area contributed by atoms with Crippen molar-refractivity contribution >= 4 is 11.6 Å². The van der Waals surface area contributed by atoms with Crippen molar-refractivity contribution in [3.05, 3.63) is 34.9 Å². The van der Waals surface area contributed by atoms with Gasteiger partial charge in [-0.1, -0.05) is 24.6 Å². The number of ether oxygens (including phenoxy) is 2. The van der Waals surface area contributed by atoms with Crippen LogP contribution in [0.15, 0.2) is 29.3 Å². The molecule has 0 saturated heterocycles. The van der Waals surface area contributed by atoms with Crippen molar-refractivity contribution in [2.45, 2.75) is 20.4 Å². The molecule has 18 heavy (non-hydrogen) atoms. The van der Waals surface area contributed by atoms with Crippen molar-refractivity contribution < 1.29 is 9.47 Å². The molecule has 0 amide bonds. The Morgan fingerprint density at radius 1 is 1.39 bits per heavy atom. The largest absolute Gasteiger partial charge is 0.493 e. The Morgan fingerprint density at radius 3 is 2.78 bits per heavy atom. The number of hydrogen-bond acceptors (Lipinski definition) is 3. The lowest BCUT2D eigenvalue weighted by molar-refractivity contribution is 0.319. The molecule has 0 unspecified atom stereocenters. The van der Waals surface area contributed by atoms with Gasteiger partial charge in [-0.05, 0) is 36.7 Å². The quantitative estimate of drug-likeness (QED) is 0.824. The predicted octanol–water partition coefficient (Wildman–Crippen LogP) is 3.33. The molecule has 1 N–H and O–H groups in total. The Morgan fingerprint density at radius 2 is 2.17 bits per heavy atom. The first-order valence-electron chi connectivity index (χ1n) is 5.97. The third-order valence-corrected chi connectivity index (χ3v) is 2.82. The van der Waals surface area contributed by atoms with Crippen molar-refractivity contribution in [2.75, 3.05) is 20.3 Å². The third-order valence-electron chi connectivity index (χ3n) is 2.45. The van der Waals surface area contributed by atoms with Gasteiger partial charge in [-0.25, -0.2) is 0 Å². The maximum atomic E-state index is 5.64. The van der Waals surface area contributed by atoms with Gasteiger partial charge in [0, 0.05) is 12.1 Å². The van der Waals surface area contributed by atoms with Crippen molar-refractivity contribution in [3.8, 4) is 11.5 Å². The van der Waals surface area contributed by atoms with Gasteiger partial charge >= 0.3 is 0 Å². The molecule has 0 aliphatic carbocycles. The maximum Gasteiger partial charge on any atom is 0.161 e. The Kier molecular flexibility index (Phi) is 6.61. The average Bonchev–Trinajstić information content (AvgIpc) is 2.42. The molecule has 0 atom stereocenters. The van der Waals surface area contributed by atoms with Crippen molar-refractivity contribution in [3.63, 3.8) is 0 Å². The molecular weight excluding hydrogens is 250 g/mol. The van der Waals surface area contributed by atoms with Gasteiger partial charge in [0.2, 0.25) is 0 Å². The number of hydrogen-bond donors (Lipinski definition) is 1. The highest BCUT2D eigenvalue weighted by atomic mass is 35.5. The lowest BCUT2D eigenvalue weighted by Crippen LogP contribution is -2.11. The van der Waals surface area contributed by atoms with Gasteiger partial charge in [0.25, 0.3) is 0 Å². The highest BCUT2D eigenvalue weighted by molar-refractivity contribution is 6.25. The molecule has 0 aliphatic heterocycles. The first-order valence-corrected chi connectivity index (χ1v) is 6.41. The summed E-state index contributed by atoms with van der Waals surface area (Å²) in [5.41, 5.74) is 3.66. The molecule has 0 spiro atoms. The fourth-order valence-corrected chi connectivity index (χ4v) is 1.50. The summed E-state index contributed by atoms with van der Waals surface area (Å²) in [6.07, 6.45) is 0. The minimum absolute atomic E-state index is 0.465. The van der Waals surface area contributed by atoms with E-state index < -0.39 is 0 Å². The van der Waals surface area contributed by atoms with Gasteiger partial charge in [0.15, 0.2) is 11.5 Å². The fraction of sp³-hybridized carbons (Fsp3) is 0.429. The topological polar surface area (TPSA) is 30.5 Å². The predicted molar refractivity (Wildman–Crippen MR) is 75.5 cm³/mol. The minimum atomic E-state index is 0.465. The molecule has 0 aromatic heterocycles. The van der Waals surface area contributed by atoms with Crippen LogP contribution >= 0.6 is 11.6 Å². The van der Waals surface area contributed by atoms with E-state index in [1.54, 1.807) is 7.11 Å². The summed E-state index contributed by atoms with van der Waals surface area (Å²) in [4.78, 5) is 0. The Hall–Kier alpha value is -1.19. The zero-order valence-electron chi connectivity index (χ0n) is 11.1. The van der Waals surface area contributed by atoms with E-state index in [1.165, 1.54) is 11.1 Å². The molecule has 1 rings (SSSR count).